The Morgan fingerprint density at radius 3 is 2.00 bits per heavy atom. The van der Waals surface area contributed by atoms with Gasteiger partial charge in [-0.25, -0.2) is 9.97 Å². The number of fused-ring (bicyclic) bond motifs is 5. The molecule has 0 saturated carbocycles. The Morgan fingerprint density at radius 1 is 0.617 bits per heavy atom. The summed E-state index contributed by atoms with van der Waals surface area (Å²) < 4.78 is 96.6. The highest BCUT2D eigenvalue weighted by Gasteiger charge is 2.22. The maximum atomic E-state index is 8.88. The van der Waals surface area contributed by atoms with Crippen molar-refractivity contribution in [3.8, 4) is 39.6 Å². The van der Waals surface area contributed by atoms with E-state index in [0.29, 0.717) is 28.6 Å². The van der Waals surface area contributed by atoms with Crippen LogP contribution in [0.15, 0.2) is 182 Å². The van der Waals surface area contributed by atoms with Gasteiger partial charge in [-0.05, 0) is 89.2 Å². The molecule has 0 radical (unpaired) electrons. The van der Waals surface area contributed by atoms with E-state index >= 15 is 0 Å². The quantitative estimate of drug-likeness (QED) is 0.152. The standard InChI is InChI=1S/C53H44N6O/c1-35-16-13-27-47-50(35)57-52-58(47)46-29-28-41(34-48(46)59(52)49-32-38(30-31-54-49)53(2,3)4)60-40-22-14-21-39(33-40)55-44-25-11-12-26-45(44)56-51-42(36-17-7-5-8-18-36)23-15-24-43(51)37-19-9-6-10-20-37/h5-34,55-56H,1-4H3/i5D,6D,7D,8D,9D,10D,17D,18D,19D,20D. The third-order valence-electron chi connectivity index (χ3n) is 10.5. The van der Waals surface area contributed by atoms with E-state index in [1.807, 2.05) is 72.9 Å². The zero-order valence-electron chi connectivity index (χ0n) is 43.2. The number of hydrogen-bond acceptors (Lipinski definition) is 5. The third kappa shape index (κ3) is 6.80. The summed E-state index contributed by atoms with van der Waals surface area (Å²) >= 11 is 0. The van der Waals surface area contributed by atoms with E-state index in [1.165, 1.54) is 0 Å². The van der Waals surface area contributed by atoms with Gasteiger partial charge in [-0.15, -0.1) is 0 Å². The molecule has 60 heavy (non-hydrogen) atoms. The first kappa shape index (κ1) is 27.1. The fraction of sp³-hybridized carbons (Fsp3) is 0.0943. The molecule has 0 amide bonds. The van der Waals surface area contributed by atoms with E-state index < -0.39 is 60.4 Å². The normalized spacial score (nSPS) is 14.0. The van der Waals surface area contributed by atoms with Crippen molar-refractivity contribution in [2.45, 2.75) is 33.1 Å². The van der Waals surface area contributed by atoms with Gasteiger partial charge in [-0.1, -0.05) is 130 Å². The fourth-order valence-corrected chi connectivity index (χ4v) is 7.53. The molecule has 10 aromatic rings. The summed E-state index contributed by atoms with van der Waals surface area (Å²) in [4.78, 5) is 9.99. The zero-order chi connectivity index (χ0) is 49.5. The average molecular weight is 791 g/mol. The molecule has 0 atom stereocenters. The second-order valence-electron chi connectivity index (χ2n) is 15.5. The first-order valence-corrected chi connectivity index (χ1v) is 19.5. The van der Waals surface area contributed by atoms with Crippen LogP contribution in [-0.2, 0) is 5.41 Å². The van der Waals surface area contributed by atoms with Gasteiger partial charge in [0.15, 0.2) is 0 Å². The lowest BCUT2D eigenvalue weighted by molar-refractivity contribution is 0.483. The Balaban J connectivity index is 1.04. The summed E-state index contributed by atoms with van der Waals surface area (Å²) in [5.74, 6) is 2.56. The topological polar surface area (TPSA) is 68.4 Å². The van der Waals surface area contributed by atoms with Crippen LogP contribution >= 0.6 is 0 Å². The van der Waals surface area contributed by atoms with Crippen LogP contribution in [0.4, 0.5) is 22.7 Å². The second-order valence-corrected chi connectivity index (χ2v) is 15.5. The second kappa shape index (κ2) is 14.9. The molecule has 3 heterocycles. The van der Waals surface area contributed by atoms with E-state index in [0.717, 1.165) is 44.8 Å². The number of rotatable bonds is 9. The molecular formula is C53H44N6O. The molecule has 10 rings (SSSR count). The van der Waals surface area contributed by atoms with Crippen LogP contribution in [0.3, 0.4) is 0 Å². The predicted molar refractivity (Wildman–Crippen MR) is 248 cm³/mol. The van der Waals surface area contributed by atoms with Gasteiger partial charge in [0.2, 0.25) is 5.78 Å². The molecule has 0 aliphatic rings. The minimum Gasteiger partial charge on any atom is -0.457 e. The zero-order valence-corrected chi connectivity index (χ0v) is 33.2. The number of anilines is 4. The van der Waals surface area contributed by atoms with E-state index in [4.69, 9.17) is 28.4 Å². The number of benzene rings is 7. The smallest absolute Gasteiger partial charge is 0.221 e. The number of aromatic nitrogens is 4. The van der Waals surface area contributed by atoms with Crippen molar-refractivity contribution in [3.05, 3.63) is 193 Å². The first-order chi connectivity index (χ1) is 33.4. The number of nitrogens with one attached hydrogen (secondary N) is 2. The molecule has 0 saturated heterocycles. The number of pyridine rings is 1. The van der Waals surface area contributed by atoms with Gasteiger partial charge in [0.25, 0.3) is 0 Å². The van der Waals surface area contributed by atoms with Crippen LogP contribution in [0, 0.1) is 6.92 Å². The molecule has 7 aromatic carbocycles. The van der Waals surface area contributed by atoms with Crippen LogP contribution in [0.2, 0.25) is 0 Å². The SMILES string of the molecule is [2H]c1c([2H])c([2H])c(-c2cccc(-c3c([2H])c([2H])c([2H])c([2H])c3[2H])c2Nc2ccccc2Nc2cccc(Oc3ccc4c(c3)n(-c3cc(C(C)(C)C)ccn3)c3nc5c(C)cccc5n43)c2)c([2H])c1[2H]. The molecule has 0 unspecified atom stereocenters. The monoisotopic (exact) mass is 790 g/mol. The number of ether oxygens (including phenoxy) is 1. The van der Waals surface area contributed by atoms with Gasteiger partial charge < -0.3 is 15.4 Å². The number of nitrogens with zero attached hydrogens (tertiary/aromatic N) is 4. The van der Waals surface area contributed by atoms with Crippen molar-refractivity contribution in [3.63, 3.8) is 0 Å². The summed E-state index contributed by atoms with van der Waals surface area (Å²) in [5, 5.41) is 6.85. The van der Waals surface area contributed by atoms with E-state index in [-0.39, 0.29) is 33.4 Å². The molecule has 0 bridgehead atoms. The highest BCUT2D eigenvalue weighted by atomic mass is 16.5. The highest BCUT2D eigenvalue weighted by molar-refractivity contribution is 5.95. The molecule has 0 aliphatic heterocycles. The molecule has 3 aromatic heterocycles. The Bertz CT molecular complexity index is 3640. The molecule has 0 spiro atoms. The van der Waals surface area contributed by atoms with Gasteiger partial charge in [-0.3, -0.25) is 8.97 Å². The average Bonchev–Trinajstić information content (AvgIpc) is 3.88. The lowest BCUT2D eigenvalue weighted by Gasteiger charge is -2.20. The van der Waals surface area contributed by atoms with Crippen LogP contribution < -0.4 is 15.4 Å². The first-order valence-electron chi connectivity index (χ1n) is 24.5. The van der Waals surface area contributed by atoms with Crippen LogP contribution in [0.5, 0.6) is 11.5 Å². The lowest BCUT2D eigenvalue weighted by Crippen LogP contribution is -2.12. The minimum atomic E-state index is -0.565. The molecule has 292 valence electrons. The van der Waals surface area contributed by atoms with Crippen molar-refractivity contribution in [1.82, 2.24) is 18.9 Å². The van der Waals surface area contributed by atoms with Gasteiger partial charge in [0.05, 0.1) is 52.8 Å². The van der Waals surface area contributed by atoms with Gasteiger partial charge >= 0.3 is 0 Å². The summed E-state index contributed by atoms with van der Waals surface area (Å²) in [6, 6.07) is 30.4. The number of imidazole rings is 2. The van der Waals surface area contributed by atoms with Gasteiger partial charge in [0.1, 0.15) is 17.3 Å². The van der Waals surface area contributed by atoms with Crippen molar-refractivity contribution in [1.29, 1.82) is 0 Å². The maximum absolute atomic E-state index is 8.88. The van der Waals surface area contributed by atoms with Crippen LogP contribution in [0.1, 0.15) is 45.6 Å². The van der Waals surface area contributed by atoms with Gasteiger partial charge in [0, 0.05) is 35.1 Å². The summed E-state index contributed by atoms with van der Waals surface area (Å²) in [7, 11) is 0. The Hall–Kier alpha value is -7.64. The molecule has 0 aliphatic carbocycles. The van der Waals surface area contributed by atoms with Gasteiger partial charge in [-0.2, -0.15) is 0 Å². The Kier molecular flexibility index (Phi) is 6.76. The molecule has 7 heteroatoms. The van der Waals surface area contributed by atoms with Crippen molar-refractivity contribution < 1.29 is 18.4 Å². The summed E-state index contributed by atoms with van der Waals surface area (Å²) in [5.41, 5.74) is 7.63. The lowest BCUT2D eigenvalue weighted by atomic mass is 9.88. The maximum Gasteiger partial charge on any atom is 0.221 e. The largest absolute Gasteiger partial charge is 0.457 e. The predicted octanol–water partition coefficient (Wildman–Crippen LogP) is 14.0. The molecule has 0 fully saturated rings. The van der Waals surface area contributed by atoms with Crippen LogP contribution in [-0.4, -0.2) is 18.9 Å². The molecular weight excluding hydrogens is 737 g/mol. The Morgan fingerprint density at radius 2 is 1.28 bits per heavy atom. The third-order valence-corrected chi connectivity index (χ3v) is 10.5. The van der Waals surface area contributed by atoms with E-state index in [2.05, 4.69) is 65.5 Å². The fourth-order valence-electron chi connectivity index (χ4n) is 7.53. The van der Waals surface area contributed by atoms with E-state index in [1.54, 1.807) is 30.3 Å². The molecule has 2 N–H and O–H groups in total. The molecule has 7 nitrogen and oxygen atoms in total. The summed E-state index contributed by atoms with van der Waals surface area (Å²) in [6.45, 7) is 8.57. The Labute approximate surface area is 363 Å². The number of para-hydroxylation sites is 4. The highest BCUT2D eigenvalue weighted by Crippen LogP contribution is 2.41. The van der Waals surface area contributed by atoms with Crippen molar-refractivity contribution in [2.75, 3.05) is 10.6 Å². The van der Waals surface area contributed by atoms with Crippen molar-refractivity contribution in [2.24, 2.45) is 0 Å². The van der Waals surface area contributed by atoms with E-state index in [9.17, 15) is 0 Å². The summed E-state index contributed by atoms with van der Waals surface area (Å²) in [6.07, 6.45) is 1.83. The number of hydrogen-bond donors (Lipinski definition) is 2. The number of aryl methyl sites for hydroxylation is 1. The van der Waals surface area contributed by atoms with Crippen molar-refractivity contribution >= 4 is 50.6 Å². The minimum absolute atomic E-state index is 0.118. The van der Waals surface area contributed by atoms with Crippen LogP contribution in [0.25, 0.3) is 55.9 Å².